The molecule has 2 nitrogen and oxygen atoms in total. The maximum atomic E-state index is 3.91. The lowest BCUT2D eigenvalue weighted by atomic mass is 10.2. The Hall–Kier alpha value is -1.33. The molecule has 1 aromatic heterocycles. The van der Waals surface area contributed by atoms with Gasteiger partial charge in [-0.15, -0.1) is 0 Å². The van der Waals surface area contributed by atoms with Crippen molar-refractivity contribution in [1.82, 2.24) is 10.3 Å². The summed E-state index contributed by atoms with van der Waals surface area (Å²) >= 11 is 0. The van der Waals surface area contributed by atoms with Crippen LogP contribution >= 0.6 is 0 Å². The monoisotopic (exact) mass is 160 g/mol. The highest BCUT2D eigenvalue weighted by Crippen LogP contribution is 1.91. The van der Waals surface area contributed by atoms with Crippen LogP contribution in [0.5, 0.6) is 0 Å². The SMILES string of the molecule is CNCCC#Cc1ccncc1. The maximum absolute atomic E-state index is 3.91. The Morgan fingerprint density at radius 3 is 2.83 bits per heavy atom. The Labute approximate surface area is 73.0 Å². The molecule has 0 saturated heterocycles. The van der Waals surface area contributed by atoms with Crippen molar-refractivity contribution in [3.63, 3.8) is 0 Å². The zero-order chi connectivity index (χ0) is 8.65. The zero-order valence-electron chi connectivity index (χ0n) is 7.17. The number of hydrogen-bond donors (Lipinski definition) is 1. The molecular weight excluding hydrogens is 148 g/mol. The van der Waals surface area contributed by atoms with Gasteiger partial charge in [-0.3, -0.25) is 4.98 Å². The van der Waals surface area contributed by atoms with Gasteiger partial charge in [0.2, 0.25) is 0 Å². The second kappa shape index (κ2) is 5.34. The molecule has 0 unspecified atom stereocenters. The van der Waals surface area contributed by atoms with Crippen LogP contribution in [0.3, 0.4) is 0 Å². The predicted octanol–water partition coefficient (Wildman–Crippen LogP) is 1.04. The molecule has 0 radical (unpaired) electrons. The fourth-order valence-corrected chi connectivity index (χ4v) is 0.787. The van der Waals surface area contributed by atoms with Gasteiger partial charge in [0.25, 0.3) is 0 Å². The van der Waals surface area contributed by atoms with E-state index in [1.54, 1.807) is 12.4 Å². The molecule has 0 spiro atoms. The van der Waals surface area contributed by atoms with Crippen molar-refractivity contribution in [2.45, 2.75) is 6.42 Å². The second-order valence-corrected chi connectivity index (χ2v) is 2.39. The summed E-state index contributed by atoms with van der Waals surface area (Å²) in [7, 11) is 1.92. The zero-order valence-corrected chi connectivity index (χ0v) is 7.17. The first-order chi connectivity index (χ1) is 5.93. The minimum absolute atomic E-state index is 0.888. The first kappa shape index (κ1) is 8.76. The largest absolute Gasteiger partial charge is 0.319 e. The Morgan fingerprint density at radius 2 is 2.17 bits per heavy atom. The van der Waals surface area contributed by atoms with Crippen molar-refractivity contribution >= 4 is 0 Å². The fourth-order valence-electron chi connectivity index (χ4n) is 0.787. The van der Waals surface area contributed by atoms with E-state index in [0.717, 1.165) is 18.5 Å². The van der Waals surface area contributed by atoms with Crippen LogP contribution in [0.15, 0.2) is 24.5 Å². The molecule has 0 atom stereocenters. The highest BCUT2D eigenvalue weighted by Gasteiger charge is 1.81. The fraction of sp³-hybridized carbons (Fsp3) is 0.300. The number of hydrogen-bond acceptors (Lipinski definition) is 2. The van der Waals surface area contributed by atoms with Crippen LogP contribution in [0.4, 0.5) is 0 Å². The first-order valence-corrected chi connectivity index (χ1v) is 3.97. The van der Waals surface area contributed by atoms with Crippen LogP contribution in [-0.2, 0) is 0 Å². The molecule has 0 aliphatic heterocycles. The standard InChI is InChI=1S/C10H12N2/c1-11-7-3-2-4-10-5-8-12-9-6-10/h5-6,8-9,11H,3,7H2,1H3. The average Bonchev–Trinajstić information content (AvgIpc) is 2.14. The predicted molar refractivity (Wildman–Crippen MR) is 49.7 cm³/mol. The summed E-state index contributed by atoms with van der Waals surface area (Å²) in [4.78, 5) is 3.91. The van der Waals surface area contributed by atoms with E-state index in [-0.39, 0.29) is 0 Å². The third-order valence-electron chi connectivity index (χ3n) is 1.41. The summed E-state index contributed by atoms with van der Waals surface area (Å²) in [5.41, 5.74) is 1.03. The number of nitrogens with one attached hydrogen (secondary N) is 1. The normalized spacial score (nSPS) is 8.75. The topological polar surface area (TPSA) is 24.9 Å². The Morgan fingerprint density at radius 1 is 1.42 bits per heavy atom. The Balaban J connectivity index is 2.44. The number of nitrogens with zero attached hydrogens (tertiary/aromatic N) is 1. The van der Waals surface area contributed by atoms with Gasteiger partial charge in [-0.1, -0.05) is 11.8 Å². The van der Waals surface area contributed by atoms with E-state index in [2.05, 4.69) is 22.1 Å². The van der Waals surface area contributed by atoms with E-state index in [4.69, 9.17) is 0 Å². The van der Waals surface area contributed by atoms with Crippen molar-refractivity contribution in [1.29, 1.82) is 0 Å². The van der Waals surface area contributed by atoms with Gasteiger partial charge in [0.1, 0.15) is 0 Å². The molecule has 1 rings (SSSR count). The molecule has 0 aromatic carbocycles. The Kier molecular flexibility index (Phi) is 3.90. The first-order valence-electron chi connectivity index (χ1n) is 3.97. The van der Waals surface area contributed by atoms with Gasteiger partial charge < -0.3 is 5.32 Å². The summed E-state index contributed by atoms with van der Waals surface area (Å²) in [5, 5.41) is 3.04. The van der Waals surface area contributed by atoms with Crippen LogP contribution in [-0.4, -0.2) is 18.6 Å². The number of pyridine rings is 1. The molecule has 12 heavy (non-hydrogen) atoms. The van der Waals surface area contributed by atoms with Crippen molar-refractivity contribution in [2.24, 2.45) is 0 Å². The second-order valence-electron chi connectivity index (χ2n) is 2.39. The number of aromatic nitrogens is 1. The van der Waals surface area contributed by atoms with Crippen molar-refractivity contribution in [3.05, 3.63) is 30.1 Å². The summed E-state index contributed by atoms with van der Waals surface area (Å²) in [6.45, 7) is 0.943. The lowest BCUT2D eigenvalue weighted by Crippen LogP contribution is -2.05. The molecule has 0 amide bonds. The van der Waals surface area contributed by atoms with Crippen LogP contribution in [0.1, 0.15) is 12.0 Å². The van der Waals surface area contributed by atoms with Gasteiger partial charge in [0.15, 0.2) is 0 Å². The molecule has 0 bridgehead atoms. The van der Waals surface area contributed by atoms with Crippen molar-refractivity contribution in [2.75, 3.05) is 13.6 Å². The molecule has 2 heteroatoms. The van der Waals surface area contributed by atoms with E-state index in [1.807, 2.05) is 19.2 Å². The minimum atomic E-state index is 0.888. The smallest absolute Gasteiger partial charge is 0.0280 e. The lowest BCUT2D eigenvalue weighted by molar-refractivity contribution is 0.818. The van der Waals surface area contributed by atoms with Gasteiger partial charge in [0.05, 0.1) is 0 Å². The molecular formula is C10H12N2. The van der Waals surface area contributed by atoms with E-state index in [9.17, 15) is 0 Å². The minimum Gasteiger partial charge on any atom is -0.319 e. The molecule has 0 aliphatic carbocycles. The van der Waals surface area contributed by atoms with Gasteiger partial charge >= 0.3 is 0 Å². The summed E-state index contributed by atoms with van der Waals surface area (Å²) in [5.74, 6) is 6.11. The number of rotatable bonds is 2. The van der Waals surface area contributed by atoms with E-state index in [0.29, 0.717) is 0 Å². The van der Waals surface area contributed by atoms with Crippen LogP contribution in [0, 0.1) is 11.8 Å². The molecule has 0 saturated carbocycles. The molecule has 1 N–H and O–H groups in total. The van der Waals surface area contributed by atoms with E-state index < -0.39 is 0 Å². The quantitative estimate of drug-likeness (QED) is 0.516. The van der Waals surface area contributed by atoms with Gasteiger partial charge in [0, 0.05) is 30.9 Å². The molecule has 1 heterocycles. The summed E-state index contributed by atoms with van der Waals surface area (Å²) < 4.78 is 0. The highest BCUT2D eigenvalue weighted by molar-refractivity contribution is 5.31. The van der Waals surface area contributed by atoms with E-state index >= 15 is 0 Å². The van der Waals surface area contributed by atoms with Crippen LogP contribution < -0.4 is 5.32 Å². The van der Waals surface area contributed by atoms with Gasteiger partial charge in [-0.05, 0) is 19.2 Å². The summed E-state index contributed by atoms with van der Waals surface area (Å²) in [6, 6.07) is 3.82. The van der Waals surface area contributed by atoms with Gasteiger partial charge in [-0.25, -0.2) is 0 Å². The van der Waals surface area contributed by atoms with Crippen LogP contribution in [0.25, 0.3) is 0 Å². The molecule has 0 aliphatic rings. The van der Waals surface area contributed by atoms with E-state index in [1.165, 1.54) is 0 Å². The molecule has 1 aromatic rings. The maximum Gasteiger partial charge on any atom is 0.0280 e. The van der Waals surface area contributed by atoms with Crippen LogP contribution in [0.2, 0.25) is 0 Å². The Bertz CT molecular complexity index is 269. The third kappa shape index (κ3) is 3.18. The third-order valence-corrected chi connectivity index (χ3v) is 1.41. The highest BCUT2D eigenvalue weighted by atomic mass is 14.8. The summed E-state index contributed by atoms with van der Waals surface area (Å²) in [6.07, 6.45) is 4.39. The molecule has 62 valence electrons. The average molecular weight is 160 g/mol. The van der Waals surface area contributed by atoms with Gasteiger partial charge in [-0.2, -0.15) is 0 Å². The molecule has 0 fully saturated rings. The van der Waals surface area contributed by atoms with Crippen molar-refractivity contribution in [3.8, 4) is 11.8 Å². The van der Waals surface area contributed by atoms with Crippen molar-refractivity contribution < 1.29 is 0 Å². The lowest BCUT2D eigenvalue weighted by Gasteiger charge is -1.88.